The summed E-state index contributed by atoms with van der Waals surface area (Å²) in [4.78, 5) is 3.51. The lowest BCUT2D eigenvalue weighted by Crippen LogP contribution is -2.23. The summed E-state index contributed by atoms with van der Waals surface area (Å²) >= 11 is 1.72. The van der Waals surface area contributed by atoms with Crippen LogP contribution in [0.2, 0.25) is 0 Å². The van der Waals surface area contributed by atoms with Crippen molar-refractivity contribution in [1.29, 1.82) is 0 Å². The summed E-state index contributed by atoms with van der Waals surface area (Å²) in [5.74, 6) is 1.54. The summed E-state index contributed by atoms with van der Waals surface area (Å²) in [5.41, 5.74) is 2.89. The van der Waals surface area contributed by atoms with Crippen molar-refractivity contribution in [2.75, 3.05) is 25.4 Å². The lowest BCUT2D eigenvalue weighted by atomic mass is 9.94. The van der Waals surface area contributed by atoms with Crippen LogP contribution in [0.3, 0.4) is 0 Å². The second-order valence-electron chi connectivity index (χ2n) is 6.14. The van der Waals surface area contributed by atoms with E-state index in [4.69, 9.17) is 0 Å². The van der Waals surface area contributed by atoms with Crippen LogP contribution in [0.4, 0.5) is 0 Å². The minimum Gasteiger partial charge on any atom is -0.504 e. The molecule has 1 fully saturated rings. The SMILES string of the molecule is CC.CC.Cc1ccccc1C1CCN(CCSc2ccc(O)c(O)c2)C1. The van der Waals surface area contributed by atoms with Crippen LogP contribution in [0.25, 0.3) is 0 Å². The van der Waals surface area contributed by atoms with E-state index in [1.165, 1.54) is 17.5 Å². The van der Waals surface area contributed by atoms with Crippen LogP contribution in [0.5, 0.6) is 11.5 Å². The van der Waals surface area contributed by atoms with Crippen LogP contribution in [0, 0.1) is 6.92 Å². The minimum atomic E-state index is -0.0602. The molecule has 1 unspecified atom stereocenters. The molecule has 1 aliphatic rings. The normalized spacial score (nSPS) is 16.1. The van der Waals surface area contributed by atoms with E-state index in [0.717, 1.165) is 30.3 Å². The van der Waals surface area contributed by atoms with Crippen LogP contribution < -0.4 is 0 Å². The molecule has 0 aromatic heterocycles. The van der Waals surface area contributed by atoms with Crippen molar-refractivity contribution in [3.05, 3.63) is 53.6 Å². The number of rotatable bonds is 5. The van der Waals surface area contributed by atoms with Crippen molar-refractivity contribution in [3.63, 3.8) is 0 Å². The monoisotopic (exact) mass is 389 g/mol. The van der Waals surface area contributed by atoms with Crippen LogP contribution >= 0.6 is 11.8 Å². The average molecular weight is 390 g/mol. The van der Waals surface area contributed by atoms with Gasteiger partial charge in [0.05, 0.1) is 0 Å². The van der Waals surface area contributed by atoms with Gasteiger partial charge in [0, 0.05) is 23.7 Å². The maximum atomic E-state index is 9.52. The fourth-order valence-corrected chi connectivity index (χ4v) is 4.16. The molecule has 0 amide bonds. The zero-order valence-electron chi connectivity index (χ0n) is 17.4. The van der Waals surface area contributed by atoms with E-state index in [-0.39, 0.29) is 11.5 Å². The third kappa shape index (κ3) is 7.11. The number of likely N-dealkylation sites (tertiary alicyclic amines) is 1. The Balaban J connectivity index is 0.000000855. The van der Waals surface area contributed by atoms with Crippen LogP contribution in [-0.4, -0.2) is 40.5 Å². The third-order valence-electron chi connectivity index (χ3n) is 4.52. The first-order valence-electron chi connectivity index (χ1n) is 10.1. The van der Waals surface area contributed by atoms with Crippen molar-refractivity contribution in [3.8, 4) is 11.5 Å². The summed E-state index contributed by atoms with van der Waals surface area (Å²) in [6, 6.07) is 13.7. The Kier molecular flexibility index (Phi) is 11.0. The molecule has 3 nitrogen and oxygen atoms in total. The Bertz CT molecular complexity index is 675. The van der Waals surface area contributed by atoms with Crippen molar-refractivity contribution in [2.24, 2.45) is 0 Å². The zero-order chi connectivity index (χ0) is 20.2. The third-order valence-corrected chi connectivity index (χ3v) is 5.50. The van der Waals surface area contributed by atoms with E-state index in [0.29, 0.717) is 5.92 Å². The quantitative estimate of drug-likeness (QED) is 0.483. The van der Waals surface area contributed by atoms with Gasteiger partial charge in [-0.05, 0) is 55.1 Å². The van der Waals surface area contributed by atoms with Gasteiger partial charge in [0.15, 0.2) is 11.5 Å². The fraction of sp³-hybridized carbons (Fsp3) is 0.478. The summed E-state index contributed by atoms with van der Waals surface area (Å²) in [6.07, 6.45) is 1.23. The molecule has 3 rings (SSSR count). The molecule has 2 aromatic carbocycles. The summed E-state index contributed by atoms with van der Waals surface area (Å²) in [5, 5.41) is 18.9. The highest BCUT2D eigenvalue weighted by Crippen LogP contribution is 2.31. The lowest BCUT2D eigenvalue weighted by Gasteiger charge is -2.17. The number of hydrogen-bond donors (Lipinski definition) is 2. The molecule has 1 aliphatic heterocycles. The van der Waals surface area contributed by atoms with Crippen LogP contribution in [-0.2, 0) is 0 Å². The number of aromatic hydroxyl groups is 2. The van der Waals surface area contributed by atoms with E-state index in [1.54, 1.807) is 23.9 Å². The number of aryl methyl sites for hydroxylation is 1. The Morgan fingerprint density at radius 1 is 1.00 bits per heavy atom. The Labute approximate surface area is 169 Å². The summed E-state index contributed by atoms with van der Waals surface area (Å²) in [7, 11) is 0. The number of phenols is 2. The predicted octanol–water partition coefficient (Wildman–Crippen LogP) is 6.04. The molecule has 0 spiro atoms. The maximum absolute atomic E-state index is 9.52. The van der Waals surface area contributed by atoms with Gasteiger partial charge in [-0.15, -0.1) is 11.8 Å². The highest BCUT2D eigenvalue weighted by molar-refractivity contribution is 7.99. The number of benzene rings is 2. The van der Waals surface area contributed by atoms with Gasteiger partial charge in [-0.1, -0.05) is 52.0 Å². The average Bonchev–Trinajstić information content (AvgIpc) is 3.17. The highest BCUT2D eigenvalue weighted by atomic mass is 32.2. The second-order valence-corrected chi connectivity index (χ2v) is 7.31. The molecular formula is C23H35NO2S. The van der Waals surface area contributed by atoms with Crippen molar-refractivity contribution in [2.45, 2.75) is 51.9 Å². The topological polar surface area (TPSA) is 43.7 Å². The van der Waals surface area contributed by atoms with Crippen molar-refractivity contribution in [1.82, 2.24) is 4.90 Å². The van der Waals surface area contributed by atoms with E-state index in [2.05, 4.69) is 36.1 Å². The van der Waals surface area contributed by atoms with E-state index < -0.39 is 0 Å². The molecule has 0 aliphatic carbocycles. The number of phenolic OH excluding ortho intramolecular Hbond substituents is 2. The number of nitrogens with zero attached hydrogens (tertiary/aromatic N) is 1. The molecule has 2 N–H and O–H groups in total. The fourth-order valence-electron chi connectivity index (χ4n) is 3.22. The Morgan fingerprint density at radius 2 is 1.70 bits per heavy atom. The van der Waals surface area contributed by atoms with E-state index in [1.807, 2.05) is 33.8 Å². The molecule has 150 valence electrons. The maximum Gasteiger partial charge on any atom is 0.158 e. The number of hydrogen-bond acceptors (Lipinski definition) is 4. The number of thioether (sulfide) groups is 1. The molecule has 1 saturated heterocycles. The smallest absolute Gasteiger partial charge is 0.158 e. The summed E-state index contributed by atoms with van der Waals surface area (Å²) in [6.45, 7) is 13.5. The standard InChI is InChI=1S/C19H23NO2S.2C2H6/c1-14-4-2-3-5-17(14)15-8-9-20(13-15)10-11-23-16-6-7-18(21)19(22)12-16;2*1-2/h2-7,12,15,21-22H,8-11,13H2,1H3;2*1-2H3. The van der Waals surface area contributed by atoms with Gasteiger partial charge in [-0.25, -0.2) is 0 Å². The molecular weight excluding hydrogens is 354 g/mol. The van der Waals surface area contributed by atoms with Gasteiger partial charge >= 0.3 is 0 Å². The van der Waals surface area contributed by atoms with Gasteiger partial charge in [0.2, 0.25) is 0 Å². The molecule has 1 heterocycles. The van der Waals surface area contributed by atoms with E-state index >= 15 is 0 Å². The molecule has 0 radical (unpaired) electrons. The van der Waals surface area contributed by atoms with Gasteiger partial charge in [0.25, 0.3) is 0 Å². The molecule has 27 heavy (non-hydrogen) atoms. The lowest BCUT2D eigenvalue weighted by molar-refractivity contribution is 0.357. The van der Waals surface area contributed by atoms with Crippen molar-refractivity contribution < 1.29 is 10.2 Å². The first-order chi connectivity index (χ1) is 13.1. The highest BCUT2D eigenvalue weighted by Gasteiger charge is 2.24. The second kappa shape index (κ2) is 12.7. The van der Waals surface area contributed by atoms with Gasteiger partial charge in [0.1, 0.15) is 0 Å². The molecule has 0 saturated carbocycles. The Morgan fingerprint density at radius 3 is 2.37 bits per heavy atom. The Hall–Kier alpha value is -1.65. The zero-order valence-corrected chi connectivity index (χ0v) is 18.2. The molecule has 1 atom stereocenters. The predicted molar refractivity (Wildman–Crippen MR) is 118 cm³/mol. The van der Waals surface area contributed by atoms with Gasteiger partial charge < -0.3 is 15.1 Å². The molecule has 4 heteroatoms. The van der Waals surface area contributed by atoms with Crippen LogP contribution in [0.1, 0.15) is 51.2 Å². The first-order valence-corrected chi connectivity index (χ1v) is 11.0. The van der Waals surface area contributed by atoms with Crippen molar-refractivity contribution >= 4 is 11.8 Å². The van der Waals surface area contributed by atoms with Crippen LogP contribution in [0.15, 0.2) is 47.4 Å². The summed E-state index contributed by atoms with van der Waals surface area (Å²) < 4.78 is 0. The van der Waals surface area contributed by atoms with Gasteiger partial charge in [-0.3, -0.25) is 0 Å². The minimum absolute atomic E-state index is 0.0456. The largest absolute Gasteiger partial charge is 0.504 e. The molecule has 2 aromatic rings. The van der Waals surface area contributed by atoms with Gasteiger partial charge in [-0.2, -0.15) is 0 Å². The van der Waals surface area contributed by atoms with E-state index in [9.17, 15) is 10.2 Å². The molecule has 0 bridgehead atoms. The first kappa shape index (κ1) is 23.4.